The predicted octanol–water partition coefficient (Wildman–Crippen LogP) is 5.21. The largest absolute Gasteiger partial charge is 0.339 e. The number of likely N-dealkylation sites (tertiary alicyclic amines) is 1. The molecule has 0 aliphatic carbocycles. The Morgan fingerprint density at radius 2 is 1.70 bits per heavy atom. The summed E-state index contributed by atoms with van der Waals surface area (Å²) in [7, 11) is 0. The van der Waals surface area contributed by atoms with Crippen molar-refractivity contribution in [2.75, 3.05) is 13.1 Å². The SMILES string of the molecule is Cc1ccc(/C(=C/CN2CCCCCCC2=O)c2ccc(C(C)(C)C)cc2)[nH]c1=O. The van der Waals surface area contributed by atoms with E-state index in [1.165, 1.54) is 12.0 Å². The molecule has 1 N–H and O–H groups in total. The zero-order valence-electron chi connectivity index (χ0n) is 18.8. The van der Waals surface area contributed by atoms with E-state index < -0.39 is 0 Å². The Hall–Kier alpha value is -2.62. The van der Waals surface area contributed by atoms with E-state index in [0.717, 1.165) is 42.6 Å². The van der Waals surface area contributed by atoms with Crippen molar-refractivity contribution < 1.29 is 4.79 Å². The number of aryl methyl sites for hydroxylation is 1. The van der Waals surface area contributed by atoms with Crippen molar-refractivity contribution in [3.63, 3.8) is 0 Å². The highest BCUT2D eigenvalue weighted by atomic mass is 16.2. The molecule has 1 aromatic carbocycles. The highest BCUT2D eigenvalue weighted by molar-refractivity contribution is 5.80. The summed E-state index contributed by atoms with van der Waals surface area (Å²) in [5.74, 6) is 0.228. The van der Waals surface area contributed by atoms with Gasteiger partial charge >= 0.3 is 0 Å². The second-order valence-electron chi connectivity index (χ2n) is 9.33. The molecule has 0 spiro atoms. The zero-order valence-corrected chi connectivity index (χ0v) is 18.8. The van der Waals surface area contributed by atoms with E-state index in [-0.39, 0.29) is 16.9 Å². The Kier molecular flexibility index (Phi) is 6.96. The van der Waals surface area contributed by atoms with Gasteiger partial charge in [0.15, 0.2) is 0 Å². The second-order valence-corrected chi connectivity index (χ2v) is 9.33. The molecule has 3 rings (SSSR count). The number of H-pyrrole nitrogens is 1. The van der Waals surface area contributed by atoms with Crippen LogP contribution >= 0.6 is 0 Å². The van der Waals surface area contributed by atoms with E-state index in [9.17, 15) is 9.59 Å². The molecule has 2 heterocycles. The molecular formula is C26H34N2O2. The fourth-order valence-corrected chi connectivity index (χ4v) is 3.85. The van der Waals surface area contributed by atoms with Crippen LogP contribution in [0.1, 0.15) is 75.3 Å². The Balaban J connectivity index is 1.96. The van der Waals surface area contributed by atoms with Crippen LogP contribution in [0.25, 0.3) is 5.57 Å². The number of pyridine rings is 1. The summed E-state index contributed by atoms with van der Waals surface area (Å²) in [5, 5.41) is 0. The Morgan fingerprint density at radius 3 is 2.37 bits per heavy atom. The van der Waals surface area contributed by atoms with E-state index in [4.69, 9.17) is 0 Å². The molecule has 30 heavy (non-hydrogen) atoms. The number of amides is 1. The first kappa shape index (κ1) is 22.1. The molecule has 1 saturated heterocycles. The average molecular weight is 407 g/mol. The van der Waals surface area contributed by atoms with Crippen LogP contribution in [-0.4, -0.2) is 28.9 Å². The lowest BCUT2D eigenvalue weighted by molar-refractivity contribution is -0.131. The maximum absolute atomic E-state index is 12.5. The lowest BCUT2D eigenvalue weighted by Gasteiger charge is -2.24. The number of aromatic amines is 1. The Morgan fingerprint density at radius 1 is 1.00 bits per heavy atom. The molecule has 1 amide bonds. The number of aromatic nitrogens is 1. The van der Waals surface area contributed by atoms with Gasteiger partial charge in [0.25, 0.3) is 5.56 Å². The second kappa shape index (κ2) is 9.46. The maximum Gasteiger partial charge on any atom is 0.251 e. The topological polar surface area (TPSA) is 53.2 Å². The van der Waals surface area contributed by atoms with Crippen LogP contribution in [0.2, 0.25) is 0 Å². The fourth-order valence-electron chi connectivity index (χ4n) is 3.85. The molecule has 160 valence electrons. The number of nitrogens with zero attached hydrogens (tertiary/aromatic N) is 1. The maximum atomic E-state index is 12.5. The number of nitrogens with one attached hydrogen (secondary N) is 1. The molecule has 1 aliphatic heterocycles. The molecule has 2 aromatic rings. The van der Waals surface area contributed by atoms with Gasteiger partial charge in [-0.1, -0.05) is 70.0 Å². The third kappa shape index (κ3) is 5.50. The molecule has 1 aromatic heterocycles. The summed E-state index contributed by atoms with van der Waals surface area (Å²) in [6.45, 7) is 9.77. The standard InChI is InChI=1S/C26H34N2O2/c1-19-10-15-23(27-25(19)30)22(20-11-13-21(14-12-20)26(2,3)4)16-18-28-17-8-6-5-7-9-24(28)29/h10-16H,5-9,17-18H2,1-4H3,(H,27,30)/b22-16+. The van der Waals surface area contributed by atoms with Gasteiger partial charge in [-0.2, -0.15) is 0 Å². The van der Waals surface area contributed by atoms with Gasteiger partial charge in [-0.3, -0.25) is 9.59 Å². The van der Waals surface area contributed by atoms with Crippen LogP contribution in [-0.2, 0) is 10.2 Å². The molecule has 0 atom stereocenters. The molecular weight excluding hydrogens is 372 g/mol. The third-order valence-electron chi connectivity index (χ3n) is 5.90. The van der Waals surface area contributed by atoms with E-state index >= 15 is 0 Å². The van der Waals surface area contributed by atoms with Crippen LogP contribution in [0.3, 0.4) is 0 Å². The average Bonchev–Trinajstić information content (AvgIpc) is 2.69. The van der Waals surface area contributed by atoms with Gasteiger partial charge in [0.2, 0.25) is 5.91 Å². The lowest BCUT2D eigenvalue weighted by Crippen LogP contribution is -2.33. The number of hydrogen-bond acceptors (Lipinski definition) is 2. The molecule has 4 nitrogen and oxygen atoms in total. The first-order valence-electron chi connectivity index (χ1n) is 11.0. The van der Waals surface area contributed by atoms with Gasteiger partial charge < -0.3 is 9.88 Å². The van der Waals surface area contributed by atoms with Crippen LogP contribution in [0.4, 0.5) is 0 Å². The first-order chi connectivity index (χ1) is 14.3. The summed E-state index contributed by atoms with van der Waals surface area (Å²) in [6.07, 6.45) is 7.07. The zero-order chi connectivity index (χ0) is 21.7. The number of rotatable bonds is 4. The van der Waals surface area contributed by atoms with Crippen molar-refractivity contribution in [1.29, 1.82) is 0 Å². The van der Waals surface area contributed by atoms with Gasteiger partial charge in [0.05, 0.1) is 0 Å². The minimum Gasteiger partial charge on any atom is -0.339 e. The summed E-state index contributed by atoms with van der Waals surface area (Å²) in [6, 6.07) is 12.3. The van der Waals surface area contributed by atoms with Crippen LogP contribution < -0.4 is 5.56 Å². The van der Waals surface area contributed by atoms with Gasteiger partial charge in [0, 0.05) is 36.3 Å². The number of carbonyl (C=O) groups excluding carboxylic acids is 1. The van der Waals surface area contributed by atoms with Gasteiger partial charge in [-0.05, 0) is 42.4 Å². The smallest absolute Gasteiger partial charge is 0.251 e. The van der Waals surface area contributed by atoms with Crippen LogP contribution in [0.15, 0.2) is 47.3 Å². The van der Waals surface area contributed by atoms with Gasteiger partial charge in [-0.15, -0.1) is 0 Å². The van der Waals surface area contributed by atoms with Crippen molar-refractivity contribution >= 4 is 11.5 Å². The van der Waals surface area contributed by atoms with Crippen molar-refractivity contribution in [1.82, 2.24) is 9.88 Å². The van der Waals surface area contributed by atoms with E-state index in [2.05, 4.69) is 56.1 Å². The molecule has 0 radical (unpaired) electrons. The summed E-state index contributed by atoms with van der Waals surface area (Å²) in [5.41, 5.74) is 4.75. The minimum atomic E-state index is -0.0768. The van der Waals surface area contributed by atoms with E-state index in [0.29, 0.717) is 18.5 Å². The Labute approximate surface area is 180 Å². The van der Waals surface area contributed by atoms with Crippen molar-refractivity contribution in [3.8, 4) is 0 Å². The predicted molar refractivity (Wildman–Crippen MR) is 124 cm³/mol. The number of benzene rings is 1. The highest BCUT2D eigenvalue weighted by Gasteiger charge is 2.17. The lowest BCUT2D eigenvalue weighted by atomic mass is 9.86. The number of carbonyl (C=O) groups is 1. The van der Waals surface area contributed by atoms with Crippen molar-refractivity contribution in [2.24, 2.45) is 0 Å². The fraction of sp³-hybridized carbons (Fsp3) is 0.462. The highest BCUT2D eigenvalue weighted by Crippen LogP contribution is 2.27. The Bertz CT molecular complexity index is 962. The van der Waals surface area contributed by atoms with E-state index in [1.54, 1.807) is 0 Å². The van der Waals surface area contributed by atoms with Crippen LogP contribution in [0.5, 0.6) is 0 Å². The third-order valence-corrected chi connectivity index (χ3v) is 5.90. The van der Waals surface area contributed by atoms with Crippen molar-refractivity contribution in [2.45, 2.75) is 65.2 Å². The quantitative estimate of drug-likeness (QED) is 0.758. The monoisotopic (exact) mass is 406 g/mol. The molecule has 0 unspecified atom stereocenters. The van der Waals surface area contributed by atoms with Crippen LogP contribution in [0, 0.1) is 6.92 Å². The molecule has 0 bridgehead atoms. The molecule has 4 heteroatoms. The molecule has 1 aliphatic rings. The normalized spacial score (nSPS) is 16.3. The van der Waals surface area contributed by atoms with Gasteiger partial charge in [-0.25, -0.2) is 0 Å². The first-order valence-corrected chi connectivity index (χ1v) is 11.0. The summed E-state index contributed by atoms with van der Waals surface area (Å²) < 4.78 is 0. The minimum absolute atomic E-state index is 0.0768. The molecule has 1 fully saturated rings. The number of hydrogen-bond donors (Lipinski definition) is 1. The summed E-state index contributed by atoms with van der Waals surface area (Å²) >= 11 is 0. The van der Waals surface area contributed by atoms with Gasteiger partial charge in [0.1, 0.15) is 0 Å². The molecule has 0 saturated carbocycles. The van der Waals surface area contributed by atoms with Crippen molar-refractivity contribution in [3.05, 3.63) is 75.2 Å². The van der Waals surface area contributed by atoms with E-state index in [1.807, 2.05) is 24.0 Å². The summed E-state index contributed by atoms with van der Waals surface area (Å²) in [4.78, 5) is 29.8.